The first kappa shape index (κ1) is 22.0. The van der Waals surface area contributed by atoms with Gasteiger partial charge in [-0.3, -0.25) is 19.2 Å². The Morgan fingerprint density at radius 3 is 1.90 bits per heavy atom. The van der Waals surface area contributed by atoms with Crippen molar-refractivity contribution in [3.05, 3.63) is 58.7 Å². The first-order valence-corrected chi connectivity index (χ1v) is 10.6. The summed E-state index contributed by atoms with van der Waals surface area (Å²) in [5, 5.41) is 5.42. The van der Waals surface area contributed by atoms with Gasteiger partial charge in [-0.05, 0) is 25.0 Å². The number of carbonyl (C=O) groups excluding carboxylic acids is 4. The number of nitrogens with one attached hydrogen (secondary N) is 2. The highest BCUT2D eigenvalue weighted by atomic mass is 35.5. The third kappa shape index (κ3) is 4.55. The van der Waals surface area contributed by atoms with E-state index in [0.29, 0.717) is 30.2 Å². The van der Waals surface area contributed by atoms with Gasteiger partial charge in [-0.2, -0.15) is 0 Å². The highest BCUT2D eigenvalue weighted by Crippen LogP contribution is 2.37. The Morgan fingerprint density at radius 2 is 1.30 bits per heavy atom. The molecule has 0 aromatic heterocycles. The molecule has 0 spiro atoms. The van der Waals surface area contributed by atoms with Crippen LogP contribution in [0.4, 0.5) is 11.4 Å². The summed E-state index contributed by atoms with van der Waals surface area (Å²) in [6.07, 6.45) is 1.28. The number of amides is 2. The molecule has 1 aliphatic rings. The number of anilines is 2. The molecule has 8 heteroatoms. The van der Waals surface area contributed by atoms with Crippen molar-refractivity contribution in [2.45, 2.75) is 25.7 Å². The second kappa shape index (κ2) is 9.87. The lowest BCUT2D eigenvalue weighted by Gasteiger charge is -2.23. The van der Waals surface area contributed by atoms with Gasteiger partial charge in [0, 0.05) is 41.3 Å². The predicted molar refractivity (Wildman–Crippen MR) is 117 cm³/mol. The van der Waals surface area contributed by atoms with Gasteiger partial charge < -0.3 is 10.6 Å². The maximum atomic E-state index is 13.2. The number of rotatable bonds is 8. The Bertz CT molecular complexity index is 1020. The molecular formula is C22H20Cl2N2O4. The van der Waals surface area contributed by atoms with E-state index >= 15 is 0 Å². The molecule has 2 aromatic carbocycles. The number of hydrogen-bond donors (Lipinski definition) is 2. The van der Waals surface area contributed by atoms with Crippen LogP contribution >= 0.6 is 23.2 Å². The van der Waals surface area contributed by atoms with Crippen molar-refractivity contribution < 1.29 is 19.2 Å². The van der Waals surface area contributed by atoms with Gasteiger partial charge in [-0.25, -0.2) is 0 Å². The molecule has 0 aliphatic heterocycles. The first-order valence-electron chi connectivity index (χ1n) is 9.55. The molecule has 3 rings (SSSR count). The Kier molecular flexibility index (Phi) is 7.24. The van der Waals surface area contributed by atoms with Gasteiger partial charge >= 0.3 is 0 Å². The zero-order valence-electron chi connectivity index (χ0n) is 16.1. The summed E-state index contributed by atoms with van der Waals surface area (Å²) in [6, 6.07) is 9.55. The van der Waals surface area contributed by atoms with Crippen LogP contribution in [0.15, 0.2) is 36.4 Å². The van der Waals surface area contributed by atoms with E-state index in [0.717, 1.165) is 0 Å². The number of halogens is 2. The van der Waals surface area contributed by atoms with Crippen LogP contribution in [-0.2, 0) is 9.59 Å². The van der Waals surface area contributed by atoms with Crippen molar-refractivity contribution in [2.24, 2.45) is 0 Å². The van der Waals surface area contributed by atoms with Crippen LogP contribution < -0.4 is 10.6 Å². The molecule has 0 heterocycles. The van der Waals surface area contributed by atoms with Crippen LogP contribution in [0, 0.1) is 0 Å². The van der Waals surface area contributed by atoms with Gasteiger partial charge in [0.05, 0.1) is 16.9 Å². The molecular weight excluding hydrogens is 427 g/mol. The summed E-state index contributed by atoms with van der Waals surface area (Å²) < 4.78 is 0. The number of alkyl halides is 2. The van der Waals surface area contributed by atoms with E-state index < -0.39 is 0 Å². The van der Waals surface area contributed by atoms with E-state index in [1.165, 1.54) is 12.1 Å². The molecule has 6 nitrogen and oxygen atoms in total. The van der Waals surface area contributed by atoms with Crippen LogP contribution in [0.3, 0.4) is 0 Å². The number of hydrogen-bond acceptors (Lipinski definition) is 4. The summed E-state index contributed by atoms with van der Waals surface area (Å²) in [5.74, 6) is -0.710. The van der Waals surface area contributed by atoms with Gasteiger partial charge in [-0.15, -0.1) is 23.2 Å². The highest BCUT2D eigenvalue weighted by molar-refractivity contribution is 6.31. The summed E-state index contributed by atoms with van der Waals surface area (Å²) >= 11 is 11.3. The molecule has 0 atom stereocenters. The van der Waals surface area contributed by atoms with E-state index in [1.54, 1.807) is 24.3 Å². The van der Waals surface area contributed by atoms with Gasteiger partial charge in [0.2, 0.25) is 11.8 Å². The lowest BCUT2D eigenvalue weighted by molar-refractivity contribution is -0.117. The van der Waals surface area contributed by atoms with Crippen LogP contribution in [0.25, 0.3) is 0 Å². The zero-order valence-corrected chi connectivity index (χ0v) is 17.6. The SMILES string of the molecule is O=C(CCCCl)Nc1ccc2c(c1NC(=O)CCCCl)C(=O)c1ccccc1C2=O. The first-order chi connectivity index (χ1) is 14.5. The number of benzene rings is 2. The fourth-order valence-corrected chi connectivity index (χ4v) is 3.56. The summed E-state index contributed by atoms with van der Waals surface area (Å²) in [7, 11) is 0. The molecule has 0 fully saturated rings. The van der Waals surface area contributed by atoms with E-state index in [2.05, 4.69) is 10.6 Å². The van der Waals surface area contributed by atoms with Crippen molar-refractivity contribution in [3.63, 3.8) is 0 Å². The summed E-state index contributed by atoms with van der Waals surface area (Å²) in [6.45, 7) is 0. The molecule has 0 bridgehead atoms. The maximum Gasteiger partial charge on any atom is 0.224 e. The van der Waals surface area contributed by atoms with Crippen LogP contribution in [0.1, 0.15) is 57.5 Å². The zero-order chi connectivity index (χ0) is 21.7. The minimum atomic E-state index is -0.385. The van der Waals surface area contributed by atoms with Crippen LogP contribution in [0.2, 0.25) is 0 Å². The molecule has 30 heavy (non-hydrogen) atoms. The van der Waals surface area contributed by atoms with Gasteiger partial charge in [0.15, 0.2) is 11.6 Å². The predicted octanol–water partition coefficient (Wildman–Crippen LogP) is 4.38. The Balaban J connectivity index is 2.07. The normalized spacial score (nSPS) is 12.2. The van der Waals surface area contributed by atoms with Gasteiger partial charge in [0.25, 0.3) is 0 Å². The molecule has 0 saturated heterocycles. The standard InChI is InChI=1S/C22H20Cl2N2O4/c23-11-3-7-17(27)25-16-10-9-15-19(20(16)26-18(28)8-4-12-24)22(30)14-6-2-1-5-13(14)21(15)29/h1-2,5-6,9-10H,3-4,7-8,11-12H2,(H,25,27)(H,26,28). The Morgan fingerprint density at radius 1 is 0.733 bits per heavy atom. The largest absolute Gasteiger partial charge is 0.324 e. The molecule has 2 amide bonds. The fourth-order valence-electron chi connectivity index (χ4n) is 3.29. The Hall–Kier alpha value is -2.70. The van der Waals surface area contributed by atoms with Gasteiger partial charge in [-0.1, -0.05) is 24.3 Å². The summed E-state index contributed by atoms with van der Waals surface area (Å²) in [5.41, 5.74) is 1.22. The minimum Gasteiger partial charge on any atom is -0.324 e. The van der Waals surface area contributed by atoms with E-state index in [1.807, 2.05) is 0 Å². The summed E-state index contributed by atoms with van der Waals surface area (Å²) in [4.78, 5) is 50.8. The second-order valence-electron chi connectivity index (χ2n) is 6.80. The molecule has 0 unspecified atom stereocenters. The van der Waals surface area contributed by atoms with E-state index in [-0.39, 0.29) is 64.3 Å². The van der Waals surface area contributed by atoms with Crippen molar-refractivity contribution in [2.75, 3.05) is 22.4 Å². The smallest absolute Gasteiger partial charge is 0.224 e. The van der Waals surface area contributed by atoms with Crippen molar-refractivity contribution in [1.29, 1.82) is 0 Å². The van der Waals surface area contributed by atoms with E-state index in [9.17, 15) is 19.2 Å². The Labute approximate surface area is 183 Å². The van der Waals surface area contributed by atoms with E-state index in [4.69, 9.17) is 23.2 Å². The van der Waals surface area contributed by atoms with Crippen molar-refractivity contribution >= 4 is 58.0 Å². The monoisotopic (exact) mass is 446 g/mol. The molecule has 2 N–H and O–H groups in total. The molecule has 0 saturated carbocycles. The maximum absolute atomic E-state index is 13.2. The number of carbonyl (C=O) groups is 4. The third-order valence-corrected chi connectivity index (χ3v) is 5.24. The average Bonchev–Trinajstić information content (AvgIpc) is 2.75. The minimum absolute atomic E-state index is 0.0769. The highest BCUT2D eigenvalue weighted by Gasteiger charge is 2.33. The number of ketones is 2. The molecule has 2 aromatic rings. The fraction of sp³-hybridized carbons (Fsp3) is 0.273. The van der Waals surface area contributed by atoms with Crippen LogP contribution in [-0.4, -0.2) is 35.1 Å². The molecule has 0 radical (unpaired) electrons. The lowest BCUT2D eigenvalue weighted by Crippen LogP contribution is -2.25. The van der Waals surface area contributed by atoms with Gasteiger partial charge in [0.1, 0.15) is 0 Å². The van der Waals surface area contributed by atoms with Crippen molar-refractivity contribution in [3.8, 4) is 0 Å². The van der Waals surface area contributed by atoms with Crippen LogP contribution in [0.5, 0.6) is 0 Å². The number of fused-ring (bicyclic) bond motifs is 2. The average molecular weight is 447 g/mol. The third-order valence-electron chi connectivity index (χ3n) is 4.71. The molecule has 156 valence electrons. The quantitative estimate of drug-likeness (QED) is 0.502. The lowest BCUT2D eigenvalue weighted by atomic mass is 9.82. The molecule has 1 aliphatic carbocycles. The second-order valence-corrected chi connectivity index (χ2v) is 7.55. The van der Waals surface area contributed by atoms with Crippen molar-refractivity contribution in [1.82, 2.24) is 0 Å². The topological polar surface area (TPSA) is 92.3 Å².